The van der Waals surface area contributed by atoms with E-state index in [-0.39, 0.29) is 22.7 Å². The number of hydrogen-bond acceptors (Lipinski definition) is 5. The summed E-state index contributed by atoms with van der Waals surface area (Å²) in [6.45, 7) is 0.810. The Kier molecular flexibility index (Phi) is 5.06. The lowest BCUT2D eigenvalue weighted by Crippen LogP contribution is -2.27. The standard InChI is InChI=1S/C15H12ClF6N5/c16-10-5-8(14(17,18)19)6-23-13(10)27-4-3-9(7-27)24-12-2-1-11(25-26-12)15(20,21)22/h1-2,5-6,9H,3-4,7H2,(H,24,26). The molecule has 1 atom stereocenters. The third kappa shape index (κ3) is 4.52. The largest absolute Gasteiger partial charge is 0.435 e. The molecule has 1 aliphatic rings. The van der Waals surface area contributed by atoms with Crippen LogP contribution in [-0.2, 0) is 12.4 Å². The highest BCUT2D eigenvalue weighted by atomic mass is 35.5. The Morgan fingerprint density at radius 3 is 2.37 bits per heavy atom. The maximum absolute atomic E-state index is 12.7. The molecule has 1 fully saturated rings. The van der Waals surface area contributed by atoms with E-state index >= 15 is 0 Å². The van der Waals surface area contributed by atoms with Crippen LogP contribution in [0.4, 0.5) is 38.0 Å². The van der Waals surface area contributed by atoms with Crippen molar-refractivity contribution in [2.24, 2.45) is 0 Å². The minimum Gasteiger partial charge on any atom is -0.364 e. The summed E-state index contributed by atoms with van der Waals surface area (Å²) in [5.41, 5.74) is -2.04. The summed E-state index contributed by atoms with van der Waals surface area (Å²) in [5.74, 6) is 0.383. The Balaban J connectivity index is 1.65. The van der Waals surface area contributed by atoms with Gasteiger partial charge in [-0.2, -0.15) is 26.3 Å². The van der Waals surface area contributed by atoms with Gasteiger partial charge in [0.2, 0.25) is 0 Å². The van der Waals surface area contributed by atoms with Crippen LogP contribution in [-0.4, -0.2) is 34.3 Å². The van der Waals surface area contributed by atoms with Crippen LogP contribution in [0.25, 0.3) is 0 Å². The number of nitrogens with zero attached hydrogens (tertiary/aromatic N) is 4. The highest BCUT2D eigenvalue weighted by Gasteiger charge is 2.34. The predicted octanol–water partition coefficient (Wildman–Crippen LogP) is 4.25. The molecule has 3 heterocycles. The molecule has 2 aromatic rings. The average Bonchev–Trinajstić information content (AvgIpc) is 3.01. The first-order chi connectivity index (χ1) is 12.5. The van der Waals surface area contributed by atoms with Gasteiger partial charge in [-0.05, 0) is 24.6 Å². The molecule has 146 valence electrons. The SMILES string of the molecule is FC(F)(F)c1cnc(N2CCC(Nc3ccc(C(F)(F)F)nn3)C2)c(Cl)c1. The lowest BCUT2D eigenvalue weighted by Gasteiger charge is -2.20. The molecule has 0 saturated carbocycles. The fourth-order valence-electron chi connectivity index (χ4n) is 2.66. The third-order valence-electron chi connectivity index (χ3n) is 3.94. The van der Waals surface area contributed by atoms with Crippen molar-refractivity contribution in [1.82, 2.24) is 15.2 Å². The number of alkyl halides is 6. The fourth-order valence-corrected chi connectivity index (χ4v) is 2.94. The van der Waals surface area contributed by atoms with Crippen LogP contribution in [0.3, 0.4) is 0 Å². The molecule has 2 aromatic heterocycles. The fraction of sp³-hybridized carbons (Fsp3) is 0.400. The number of rotatable bonds is 3. The van der Waals surface area contributed by atoms with Crippen LogP contribution in [0.5, 0.6) is 0 Å². The van der Waals surface area contributed by atoms with Crippen molar-refractivity contribution in [3.8, 4) is 0 Å². The zero-order chi connectivity index (χ0) is 19.8. The highest BCUT2D eigenvalue weighted by Crippen LogP contribution is 2.34. The summed E-state index contributed by atoms with van der Waals surface area (Å²) >= 11 is 5.93. The maximum atomic E-state index is 12.7. The zero-order valence-corrected chi connectivity index (χ0v) is 14.2. The van der Waals surface area contributed by atoms with E-state index in [1.54, 1.807) is 4.90 Å². The number of pyridine rings is 1. The summed E-state index contributed by atoms with van der Waals surface area (Å²) in [7, 11) is 0. The number of hydrogen-bond donors (Lipinski definition) is 1. The van der Waals surface area contributed by atoms with Crippen LogP contribution < -0.4 is 10.2 Å². The van der Waals surface area contributed by atoms with Gasteiger partial charge in [-0.3, -0.25) is 0 Å². The number of nitrogens with one attached hydrogen (secondary N) is 1. The predicted molar refractivity (Wildman–Crippen MR) is 85.5 cm³/mol. The molecular weight excluding hydrogens is 400 g/mol. The van der Waals surface area contributed by atoms with Crippen LogP contribution in [0.1, 0.15) is 17.7 Å². The first-order valence-corrected chi connectivity index (χ1v) is 8.07. The van der Waals surface area contributed by atoms with Gasteiger partial charge in [0.25, 0.3) is 0 Å². The van der Waals surface area contributed by atoms with Gasteiger partial charge in [0.15, 0.2) is 5.69 Å². The van der Waals surface area contributed by atoms with E-state index in [9.17, 15) is 26.3 Å². The van der Waals surface area contributed by atoms with E-state index < -0.39 is 23.6 Å². The van der Waals surface area contributed by atoms with Crippen molar-refractivity contribution in [1.29, 1.82) is 0 Å². The van der Waals surface area contributed by atoms with Crippen molar-refractivity contribution < 1.29 is 26.3 Å². The Bertz CT molecular complexity index is 808. The molecule has 0 bridgehead atoms. The van der Waals surface area contributed by atoms with Crippen molar-refractivity contribution >= 4 is 23.2 Å². The lowest BCUT2D eigenvalue weighted by atomic mass is 10.2. The molecule has 12 heteroatoms. The number of aromatic nitrogens is 3. The normalized spacial score (nSPS) is 18.0. The zero-order valence-electron chi connectivity index (χ0n) is 13.4. The topological polar surface area (TPSA) is 53.9 Å². The molecule has 1 N–H and O–H groups in total. The van der Waals surface area contributed by atoms with E-state index in [1.807, 2.05) is 0 Å². The summed E-state index contributed by atoms with van der Waals surface area (Å²) in [4.78, 5) is 5.49. The van der Waals surface area contributed by atoms with Gasteiger partial charge in [-0.25, -0.2) is 4.98 Å². The van der Waals surface area contributed by atoms with Gasteiger partial charge in [-0.1, -0.05) is 11.6 Å². The maximum Gasteiger partial charge on any atom is 0.435 e. The van der Waals surface area contributed by atoms with E-state index in [0.29, 0.717) is 25.7 Å². The van der Waals surface area contributed by atoms with E-state index in [2.05, 4.69) is 20.5 Å². The van der Waals surface area contributed by atoms with Gasteiger partial charge >= 0.3 is 12.4 Å². The highest BCUT2D eigenvalue weighted by molar-refractivity contribution is 6.33. The second-order valence-electron chi connectivity index (χ2n) is 5.90. The second kappa shape index (κ2) is 7.02. The van der Waals surface area contributed by atoms with Crippen molar-refractivity contribution in [2.75, 3.05) is 23.3 Å². The van der Waals surface area contributed by atoms with E-state index in [0.717, 1.165) is 12.1 Å². The second-order valence-corrected chi connectivity index (χ2v) is 6.31. The molecule has 1 unspecified atom stereocenters. The molecule has 5 nitrogen and oxygen atoms in total. The summed E-state index contributed by atoms with van der Waals surface area (Å²) in [5, 5.41) is 9.44. The Hall–Kier alpha value is -2.30. The number of anilines is 2. The summed E-state index contributed by atoms with van der Waals surface area (Å²) in [6, 6.07) is 2.60. The van der Waals surface area contributed by atoms with Gasteiger partial charge in [0.05, 0.1) is 10.6 Å². The van der Waals surface area contributed by atoms with E-state index in [1.165, 1.54) is 6.07 Å². The minimum atomic E-state index is -4.57. The van der Waals surface area contributed by atoms with Crippen molar-refractivity contribution in [3.05, 3.63) is 40.7 Å². The molecule has 0 aromatic carbocycles. The molecule has 0 aliphatic carbocycles. The average molecular weight is 412 g/mol. The van der Waals surface area contributed by atoms with Gasteiger partial charge in [-0.15, -0.1) is 10.2 Å². The summed E-state index contributed by atoms with van der Waals surface area (Å²) < 4.78 is 75.5. The van der Waals surface area contributed by atoms with Crippen molar-refractivity contribution in [2.45, 2.75) is 24.8 Å². The van der Waals surface area contributed by atoms with Gasteiger partial charge in [0, 0.05) is 25.3 Å². The van der Waals surface area contributed by atoms with E-state index in [4.69, 9.17) is 11.6 Å². The van der Waals surface area contributed by atoms with Gasteiger partial charge < -0.3 is 10.2 Å². The monoisotopic (exact) mass is 411 g/mol. The third-order valence-corrected chi connectivity index (χ3v) is 4.22. The van der Waals surface area contributed by atoms with Gasteiger partial charge in [0.1, 0.15) is 11.6 Å². The Labute approximate surface area is 154 Å². The number of halogens is 7. The van der Waals surface area contributed by atoms with Crippen LogP contribution >= 0.6 is 11.6 Å². The Morgan fingerprint density at radius 2 is 1.81 bits per heavy atom. The van der Waals surface area contributed by atoms with Crippen LogP contribution in [0.15, 0.2) is 24.4 Å². The summed E-state index contributed by atoms with van der Waals surface area (Å²) in [6.07, 6.45) is -7.82. The Morgan fingerprint density at radius 1 is 1.07 bits per heavy atom. The molecule has 3 rings (SSSR count). The molecule has 27 heavy (non-hydrogen) atoms. The lowest BCUT2D eigenvalue weighted by molar-refractivity contribution is -0.141. The van der Waals surface area contributed by atoms with Crippen LogP contribution in [0.2, 0.25) is 5.02 Å². The first kappa shape index (κ1) is 19.5. The smallest absolute Gasteiger partial charge is 0.364 e. The van der Waals surface area contributed by atoms with Crippen LogP contribution in [0, 0.1) is 0 Å². The van der Waals surface area contributed by atoms with Crippen molar-refractivity contribution in [3.63, 3.8) is 0 Å². The molecule has 1 saturated heterocycles. The quantitative estimate of drug-likeness (QED) is 0.765. The first-order valence-electron chi connectivity index (χ1n) is 7.69. The molecular formula is C15H12ClF6N5. The molecule has 1 aliphatic heterocycles. The molecule has 0 amide bonds. The molecule has 0 spiro atoms. The minimum absolute atomic E-state index is 0.125. The molecule has 0 radical (unpaired) electrons.